The highest BCUT2D eigenvalue weighted by molar-refractivity contribution is 7.15. The van der Waals surface area contributed by atoms with Crippen molar-refractivity contribution in [3.8, 4) is 0 Å². The van der Waals surface area contributed by atoms with Gasteiger partial charge in [0.25, 0.3) is 0 Å². The topological polar surface area (TPSA) is 38.6 Å². The first-order valence-electron chi connectivity index (χ1n) is 8.27. The van der Waals surface area contributed by atoms with Crippen LogP contribution in [0.25, 0.3) is 4.96 Å². The fourth-order valence-corrected chi connectivity index (χ4v) is 4.07. The van der Waals surface area contributed by atoms with Gasteiger partial charge in [0, 0.05) is 43.6 Å². The molecule has 0 saturated carbocycles. The van der Waals surface area contributed by atoms with E-state index >= 15 is 0 Å². The molecule has 0 bridgehead atoms. The Balaban J connectivity index is 1.52. The number of fused-ring (bicyclic) bond motifs is 1. The van der Waals surface area contributed by atoms with Crippen LogP contribution in [0, 0.1) is 11.7 Å². The third-order valence-electron chi connectivity index (χ3n) is 4.61. The molecule has 126 valence electrons. The van der Waals surface area contributed by atoms with Crippen molar-refractivity contribution in [2.45, 2.75) is 25.4 Å². The summed E-state index contributed by atoms with van der Waals surface area (Å²) in [4.78, 5) is 5.64. The summed E-state index contributed by atoms with van der Waals surface area (Å²) in [6.45, 7) is 2.29. The third kappa shape index (κ3) is 3.36. The second-order valence-electron chi connectivity index (χ2n) is 6.19. The number of halogens is 1. The number of nitrogens with zero attached hydrogens (tertiary/aromatic N) is 2. The van der Waals surface area contributed by atoms with Crippen LogP contribution in [0.15, 0.2) is 42.0 Å². The number of ether oxygens (including phenoxy) is 1. The van der Waals surface area contributed by atoms with Crippen molar-refractivity contribution in [2.24, 2.45) is 5.92 Å². The highest BCUT2D eigenvalue weighted by atomic mass is 32.1. The largest absolute Gasteiger partial charge is 0.381 e. The predicted molar refractivity (Wildman–Crippen MR) is 92.6 cm³/mol. The van der Waals surface area contributed by atoms with Crippen LogP contribution in [0.4, 0.5) is 4.39 Å². The molecule has 0 amide bonds. The van der Waals surface area contributed by atoms with Crippen molar-refractivity contribution < 1.29 is 9.13 Å². The normalized spacial score (nSPS) is 17.4. The third-order valence-corrected chi connectivity index (χ3v) is 5.38. The van der Waals surface area contributed by atoms with Crippen LogP contribution < -0.4 is 5.32 Å². The summed E-state index contributed by atoms with van der Waals surface area (Å²) >= 11 is 1.63. The SMILES string of the molecule is Fc1ccc(C(NCc2cn3ccsc3n2)C2CCOCC2)cc1. The summed E-state index contributed by atoms with van der Waals surface area (Å²) in [5, 5.41) is 5.67. The van der Waals surface area contributed by atoms with Gasteiger partial charge in [-0.25, -0.2) is 9.37 Å². The molecule has 1 fully saturated rings. The second kappa shape index (κ2) is 7.01. The van der Waals surface area contributed by atoms with Gasteiger partial charge < -0.3 is 10.1 Å². The van der Waals surface area contributed by atoms with E-state index in [1.807, 2.05) is 28.1 Å². The molecule has 0 radical (unpaired) electrons. The van der Waals surface area contributed by atoms with Crippen molar-refractivity contribution in [3.05, 3.63) is 59.1 Å². The van der Waals surface area contributed by atoms with Crippen LogP contribution in [0.5, 0.6) is 0 Å². The molecule has 1 aliphatic heterocycles. The maximum Gasteiger partial charge on any atom is 0.193 e. The van der Waals surface area contributed by atoms with Crippen LogP contribution in [0.2, 0.25) is 0 Å². The molecule has 6 heteroatoms. The maximum atomic E-state index is 13.3. The van der Waals surface area contributed by atoms with Crippen LogP contribution >= 0.6 is 11.3 Å². The van der Waals surface area contributed by atoms with Gasteiger partial charge in [-0.05, 0) is 36.5 Å². The van der Waals surface area contributed by atoms with Gasteiger partial charge >= 0.3 is 0 Å². The molecule has 3 heterocycles. The number of imidazole rings is 1. The number of nitrogens with one attached hydrogen (secondary N) is 1. The summed E-state index contributed by atoms with van der Waals surface area (Å²) < 4.78 is 20.8. The fraction of sp³-hybridized carbons (Fsp3) is 0.389. The maximum absolute atomic E-state index is 13.3. The Labute approximate surface area is 144 Å². The van der Waals surface area contributed by atoms with Gasteiger partial charge in [0.2, 0.25) is 0 Å². The zero-order valence-electron chi connectivity index (χ0n) is 13.3. The molecular weight excluding hydrogens is 325 g/mol. The van der Waals surface area contributed by atoms with E-state index in [4.69, 9.17) is 4.74 Å². The molecule has 1 aliphatic rings. The molecule has 3 aromatic rings. The Morgan fingerprint density at radius 1 is 1.29 bits per heavy atom. The van der Waals surface area contributed by atoms with E-state index in [0.29, 0.717) is 12.5 Å². The van der Waals surface area contributed by atoms with E-state index in [9.17, 15) is 4.39 Å². The number of thiazole rings is 1. The monoisotopic (exact) mass is 345 g/mol. The number of hydrogen-bond donors (Lipinski definition) is 1. The molecule has 1 unspecified atom stereocenters. The van der Waals surface area contributed by atoms with E-state index in [-0.39, 0.29) is 11.9 Å². The molecule has 1 N–H and O–H groups in total. The minimum atomic E-state index is -0.196. The minimum Gasteiger partial charge on any atom is -0.381 e. The van der Waals surface area contributed by atoms with E-state index in [1.165, 1.54) is 12.1 Å². The van der Waals surface area contributed by atoms with Crippen molar-refractivity contribution in [2.75, 3.05) is 13.2 Å². The Hall–Kier alpha value is -1.76. The Morgan fingerprint density at radius 3 is 2.83 bits per heavy atom. The van der Waals surface area contributed by atoms with Crippen LogP contribution in [-0.4, -0.2) is 22.6 Å². The molecule has 1 aromatic carbocycles. The van der Waals surface area contributed by atoms with E-state index in [0.717, 1.165) is 42.3 Å². The van der Waals surface area contributed by atoms with Crippen LogP contribution in [-0.2, 0) is 11.3 Å². The predicted octanol–water partition coefficient (Wildman–Crippen LogP) is 3.79. The highest BCUT2D eigenvalue weighted by Crippen LogP contribution is 2.30. The number of hydrogen-bond acceptors (Lipinski definition) is 4. The van der Waals surface area contributed by atoms with E-state index in [2.05, 4.69) is 16.5 Å². The standard InChI is InChI=1S/C18H20FN3OS/c19-15-3-1-13(2-4-15)17(14-5-8-23-9-6-14)20-11-16-12-22-7-10-24-18(22)21-16/h1-4,7,10,12,14,17,20H,5-6,8-9,11H2. The molecule has 4 nitrogen and oxygen atoms in total. The van der Waals surface area contributed by atoms with E-state index in [1.54, 1.807) is 11.3 Å². The number of rotatable bonds is 5. The smallest absolute Gasteiger partial charge is 0.193 e. The van der Waals surface area contributed by atoms with Crippen LogP contribution in [0.1, 0.15) is 30.1 Å². The minimum absolute atomic E-state index is 0.189. The lowest BCUT2D eigenvalue weighted by molar-refractivity contribution is 0.0533. The molecule has 1 saturated heterocycles. The van der Waals surface area contributed by atoms with Gasteiger partial charge in [-0.1, -0.05) is 12.1 Å². The summed E-state index contributed by atoms with van der Waals surface area (Å²) in [6.07, 6.45) is 6.12. The first-order valence-corrected chi connectivity index (χ1v) is 9.15. The lowest BCUT2D eigenvalue weighted by atomic mass is 9.87. The Kier molecular flexibility index (Phi) is 4.60. The van der Waals surface area contributed by atoms with Crippen molar-refractivity contribution >= 4 is 16.3 Å². The number of benzene rings is 1. The van der Waals surface area contributed by atoms with E-state index < -0.39 is 0 Å². The average molecular weight is 345 g/mol. The summed E-state index contributed by atoms with van der Waals surface area (Å²) in [6, 6.07) is 7.03. The van der Waals surface area contributed by atoms with Gasteiger partial charge in [0.1, 0.15) is 5.82 Å². The van der Waals surface area contributed by atoms with Crippen LogP contribution in [0.3, 0.4) is 0 Å². The molecule has 1 atom stereocenters. The average Bonchev–Trinajstić information content (AvgIpc) is 3.19. The fourth-order valence-electron chi connectivity index (χ4n) is 3.35. The summed E-state index contributed by atoms with van der Waals surface area (Å²) in [5.74, 6) is 0.298. The van der Waals surface area contributed by atoms with Crippen molar-refractivity contribution in [1.82, 2.24) is 14.7 Å². The van der Waals surface area contributed by atoms with Gasteiger partial charge in [-0.2, -0.15) is 0 Å². The van der Waals surface area contributed by atoms with Gasteiger partial charge in [0.05, 0.1) is 5.69 Å². The Morgan fingerprint density at radius 2 is 2.08 bits per heavy atom. The Bertz CT molecular complexity index is 764. The van der Waals surface area contributed by atoms with Gasteiger partial charge in [-0.3, -0.25) is 4.40 Å². The summed E-state index contributed by atoms with van der Waals surface area (Å²) in [7, 11) is 0. The lowest BCUT2D eigenvalue weighted by Gasteiger charge is -2.31. The molecule has 0 aliphatic carbocycles. The van der Waals surface area contributed by atoms with Crippen molar-refractivity contribution in [3.63, 3.8) is 0 Å². The highest BCUT2D eigenvalue weighted by Gasteiger charge is 2.25. The second-order valence-corrected chi connectivity index (χ2v) is 7.06. The molecule has 0 spiro atoms. The molecule has 2 aromatic heterocycles. The zero-order chi connectivity index (χ0) is 16.4. The quantitative estimate of drug-likeness (QED) is 0.764. The first kappa shape index (κ1) is 15.7. The van der Waals surface area contributed by atoms with Crippen molar-refractivity contribution in [1.29, 1.82) is 0 Å². The van der Waals surface area contributed by atoms with Gasteiger partial charge in [0.15, 0.2) is 4.96 Å². The lowest BCUT2D eigenvalue weighted by Crippen LogP contribution is -2.32. The summed E-state index contributed by atoms with van der Waals surface area (Å²) in [5.41, 5.74) is 2.16. The molecule has 24 heavy (non-hydrogen) atoms. The molecule has 4 rings (SSSR count). The zero-order valence-corrected chi connectivity index (χ0v) is 14.1. The number of aromatic nitrogens is 2. The molecular formula is C18H20FN3OS. The van der Waals surface area contributed by atoms with Gasteiger partial charge in [-0.15, -0.1) is 11.3 Å². The first-order chi connectivity index (χ1) is 11.8.